The Morgan fingerprint density at radius 1 is 1.58 bits per heavy atom. The predicted octanol–water partition coefficient (Wildman–Crippen LogP) is 0.355. The van der Waals surface area contributed by atoms with Crippen molar-refractivity contribution in [3.63, 3.8) is 0 Å². The smallest absolute Gasteiger partial charge is 0.0951 e. The molecule has 1 saturated heterocycles. The topological polar surface area (TPSA) is 47.3 Å². The van der Waals surface area contributed by atoms with Crippen molar-refractivity contribution in [2.24, 2.45) is 5.92 Å². The third kappa shape index (κ3) is 1.12. The number of hydrogen-bond donors (Lipinski definition) is 1. The first kappa shape index (κ1) is 8.03. The molecule has 2 rings (SSSR count). The largest absolute Gasteiger partial charge is 0.387 e. The molecule has 2 fully saturated rings. The number of rotatable bonds is 2. The third-order valence-corrected chi connectivity index (χ3v) is 3.03. The van der Waals surface area contributed by atoms with Gasteiger partial charge in [0, 0.05) is 13.1 Å². The van der Waals surface area contributed by atoms with Gasteiger partial charge >= 0.3 is 0 Å². The van der Waals surface area contributed by atoms with E-state index < -0.39 is 5.60 Å². The van der Waals surface area contributed by atoms with E-state index in [0.29, 0.717) is 19.0 Å². The highest BCUT2D eigenvalue weighted by Crippen LogP contribution is 2.44. The first-order chi connectivity index (χ1) is 5.65. The summed E-state index contributed by atoms with van der Waals surface area (Å²) in [6.07, 6.45) is 2.34. The van der Waals surface area contributed by atoms with Crippen LogP contribution in [0.1, 0.15) is 19.8 Å². The van der Waals surface area contributed by atoms with E-state index in [1.165, 1.54) is 12.8 Å². The highest BCUT2D eigenvalue weighted by atomic mass is 16.3. The quantitative estimate of drug-likeness (QED) is 0.644. The van der Waals surface area contributed by atoms with Gasteiger partial charge in [0.05, 0.1) is 17.7 Å². The van der Waals surface area contributed by atoms with Crippen LogP contribution in [0.25, 0.3) is 0 Å². The van der Waals surface area contributed by atoms with Crippen molar-refractivity contribution >= 4 is 0 Å². The van der Waals surface area contributed by atoms with Gasteiger partial charge in [-0.25, -0.2) is 0 Å². The summed E-state index contributed by atoms with van der Waals surface area (Å²) < 4.78 is 0. The molecule has 0 aromatic rings. The summed E-state index contributed by atoms with van der Waals surface area (Å²) in [6, 6.07) is 2.14. The number of hydrogen-bond acceptors (Lipinski definition) is 3. The average molecular weight is 166 g/mol. The van der Waals surface area contributed by atoms with Crippen LogP contribution in [-0.4, -0.2) is 34.7 Å². The van der Waals surface area contributed by atoms with E-state index >= 15 is 0 Å². The molecule has 66 valence electrons. The Labute approximate surface area is 72.6 Å². The van der Waals surface area contributed by atoms with Crippen LogP contribution in [0.3, 0.4) is 0 Å². The molecule has 0 aromatic carbocycles. The summed E-state index contributed by atoms with van der Waals surface area (Å²) in [6.45, 7) is 3.28. The van der Waals surface area contributed by atoms with Gasteiger partial charge in [-0.15, -0.1) is 0 Å². The second-order valence-corrected chi connectivity index (χ2v) is 4.09. The van der Waals surface area contributed by atoms with Crippen molar-refractivity contribution in [2.75, 3.05) is 13.1 Å². The van der Waals surface area contributed by atoms with E-state index in [2.05, 4.69) is 6.07 Å². The second kappa shape index (κ2) is 2.45. The summed E-state index contributed by atoms with van der Waals surface area (Å²) >= 11 is 0. The van der Waals surface area contributed by atoms with Gasteiger partial charge in [0.2, 0.25) is 0 Å². The molecule has 1 heterocycles. The zero-order valence-corrected chi connectivity index (χ0v) is 7.32. The molecule has 12 heavy (non-hydrogen) atoms. The van der Waals surface area contributed by atoms with Gasteiger partial charge in [-0.05, 0) is 25.7 Å². The fraction of sp³-hybridized carbons (Fsp3) is 0.889. The van der Waals surface area contributed by atoms with Crippen molar-refractivity contribution in [1.82, 2.24) is 4.90 Å². The first-order valence-corrected chi connectivity index (χ1v) is 4.52. The summed E-state index contributed by atoms with van der Waals surface area (Å²) in [4.78, 5) is 2.03. The molecule has 3 heteroatoms. The number of nitrogens with zero attached hydrogens (tertiary/aromatic N) is 2. The van der Waals surface area contributed by atoms with Gasteiger partial charge in [-0.2, -0.15) is 5.26 Å². The lowest BCUT2D eigenvalue weighted by atomic mass is 9.87. The molecule has 0 amide bonds. The zero-order valence-electron chi connectivity index (χ0n) is 7.32. The fourth-order valence-corrected chi connectivity index (χ4v) is 1.89. The van der Waals surface area contributed by atoms with E-state index in [1.54, 1.807) is 0 Å². The van der Waals surface area contributed by atoms with Crippen LogP contribution in [0, 0.1) is 17.2 Å². The monoisotopic (exact) mass is 166 g/mol. The maximum absolute atomic E-state index is 9.91. The van der Waals surface area contributed by atoms with E-state index in [9.17, 15) is 5.11 Å². The van der Waals surface area contributed by atoms with Crippen LogP contribution < -0.4 is 0 Å². The van der Waals surface area contributed by atoms with Crippen LogP contribution >= 0.6 is 0 Å². The highest BCUT2D eigenvalue weighted by molar-refractivity contribution is 5.08. The molecule has 0 aromatic heterocycles. The second-order valence-electron chi connectivity index (χ2n) is 4.09. The number of nitriles is 1. The molecule has 1 aliphatic heterocycles. The predicted molar refractivity (Wildman–Crippen MR) is 44.3 cm³/mol. The molecule has 1 aliphatic carbocycles. The lowest BCUT2D eigenvalue weighted by molar-refractivity contribution is -0.119. The van der Waals surface area contributed by atoms with Crippen molar-refractivity contribution in [2.45, 2.75) is 31.4 Å². The van der Waals surface area contributed by atoms with Crippen LogP contribution in [0.15, 0.2) is 0 Å². The van der Waals surface area contributed by atoms with Gasteiger partial charge in [0.1, 0.15) is 0 Å². The Kier molecular flexibility index (Phi) is 1.64. The Balaban J connectivity index is 1.86. The molecule has 0 radical (unpaired) electrons. The lowest BCUT2D eigenvalue weighted by Crippen LogP contribution is -2.65. The summed E-state index contributed by atoms with van der Waals surface area (Å²) in [7, 11) is 0. The van der Waals surface area contributed by atoms with Crippen LogP contribution in [0.5, 0.6) is 0 Å². The third-order valence-electron chi connectivity index (χ3n) is 3.03. The summed E-state index contributed by atoms with van der Waals surface area (Å²) in [5.41, 5.74) is -0.439. The molecular formula is C9H14N2O. The maximum atomic E-state index is 9.91. The molecule has 3 nitrogen and oxygen atoms in total. The molecule has 0 spiro atoms. The maximum Gasteiger partial charge on any atom is 0.0951 e. The fourth-order valence-electron chi connectivity index (χ4n) is 1.89. The summed E-state index contributed by atoms with van der Waals surface area (Å²) in [5.74, 6) is 0.527. The number of aliphatic hydroxyl groups is 1. The van der Waals surface area contributed by atoms with Crippen LogP contribution in [-0.2, 0) is 0 Å². The van der Waals surface area contributed by atoms with Gasteiger partial charge in [0.25, 0.3) is 0 Å². The normalized spacial score (nSPS) is 30.4. The molecule has 0 bridgehead atoms. The van der Waals surface area contributed by atoms with E-state index in [0.717, 1.165) is 0 Å². The average Bonchev–Trinajstić information content (AvgIpc) is 2.79. The molecule has 1 N–H and O–H groups in total. The standard InChI is InChI=1S/C9H14N2O/c1-7(4-10)11-5-9(12,6-11)8-2-3-8/h7-8,12H,2-3,5-6H2,1H3. The molecule has 1 atom stereocenters. The van der Waals surface area contributed by atoms with Crippen molar-refractivity contribution in [3.05, 3.63) is 0 Å². The van der Waals surface area contributed by atoms with Crippen LogP contribution in [0.4, 0.5) is 0 Å². The zero-order chi connectivity index (χ0) is 8.77. The molecular weight excluding hydrogens is 152 g/mol. The first-order valence-electron chi connectivity index (χ1n) is 4.52. The minimum Gasteiger partial charge on any atom is -0.387 e. The van der Waals surface area contributed by atoms with Gasteiger partial charge in [-0.1, -0.05) is 0 Å². The molecule has 1 unspecified atom stereocenters. The van der Waals surface area contributed by atoms with Gasteiger partial charge in [0.15, 0.2) is 0 Å². The van der Waals surface area contributed by atoms with E-state index in [-0.39, 0.29) is 6.04 Å². The Hall–Kier alpha value is -0.590. The van der Waals surface area contributed by atoms with E-state index in [1.807, 2.05) is 11.8 Å². The van der Waals surface area contributed by atoms with Crippen molar-refractivity contribution < 1.29 is 5.11 Å². The van der Waals surface area contributed by atoms with Crippen LogP contribution in [0.2, 0.25) is 0 Å². The highest BCUT2D eigenvalue weighted by Gasteiger charge is 2.52. The minimum absolute atomic E-state index is 0.0379. The Morgan fingerprint density at radius 2 is 2.17 bits per heavy atom. The molecule has 2 aliphatic rings. The number of β-amino-alcohol motifs (C(OH)–C–C–N with tert-alkyl or cyclic N) is 1. The van der Waals surface area contributed by atoms with E-state index in [4.69, 9.17) is 5.26 Å². The minimum atomic E-state index is -0.439. The van der Waals surface area contributed by atoms with Crippen molar-refractivity contribution in [3.8, 4) is 6.07 Å². The number of likely N-dealkylation sites (tertiary alicyclic amines) is 1. The SMILES string of the molecule is CC(C#N)N1CC(O)(C2CC2)C1. The van der Waals surface area contributed by atoms with Gasteiger partial charge < -0.3 is 5.11 Å². The molecule has 1 saturated carbocycles. The van der Waals surface area contributed by atoms with Gasteiger partial charge in [-0.3, -0.25) is 4.90 Å². The Bertz CT molecular complexity index is 223. The lowest BCUT2D eigenvalue weighted by Gasteiger charge is -2.48. The Morgan fingerprint density at radius 3 is 2.58 bits per heavy atom. The summed E-state index contributed by atoms with van der Waals surface area (Å²) in [5, 5.41) is 18.5. The van der Waals surface area contributed by atoms with Crippen molar-refractivity contribution in [1.29, 1.82) is 5.26 Å².